The first kappa shape index (κ1) is 36.2. The Morgan fingerprint density at radius 2 is 0.836 bits per heavy atom. The summed E-state index contributed by atoms with van der Waals surface area (Å²) in [6, 6.07) is 28.9. The molecule has 0 saturated heterocycles. The third kappa shape index (κ3) is 5.79. The summed E-state index contributed by atoms with van der Waals surface area (Å²) in [7, 11) is 0. The highest BCUT2D eigenvalue weighted by atomic mass is 14.5. The molecule has 0 nitrogen and oxygen atoms in total. The minimum atomic E-state index is 0.386. The molecule has 4 fully saturated rings. The lowest BCUT2D eigenvalue weighted by Gasteiger charge is -2.53. The van der Waals surface area contributed by atoms with Crippen molar-refractivity contribution in [3.63, 3.8) is 0 Å². The number of aryl methyl sites for hydroxylation is 2. The van der Waals surface area contributed by atoms with Gasteiger partial charge < -0.3 is 0 Å². The SMILES string of the molecule is Cc1ccc(C2(C3CCC(C(C)(C)C4CCC(C5(c6ccc(C)c7c6Cc6ccccc6-7)CCCCC5)CC4)CC3)CCCCC2)c2c1-c1ccccc1C2. The summed E-state index contributed by atoms with van der Waals surface area (Å²) < 4.78 is 0. The van der Waals surface area contributed by atoms with Gasteiger partial charge in [-0.05, 0) is 210 Å². The van der Waals surface area contributed by atoms with Crippen molar-refractivity contribution in [2.45, 2.75) is 167 Å². The summed E-state index contributed by atoms with van der Waals surface area (Å²) in [5, 5.41) is 0. The zero-order valence-electron chi connectivity index (χ0n) is 34.9. The summed E-state index contributed by atoms with van der Waals surface area (Å²) in [6.45, 7) is 10.2. The highest BCUT2D eigenvalue weighted by Crippen LogP contribution is 2.60. The van der Waals surface area contributed by atoms with Gasteiger partial charge in [0.15, 0.2) is 0 Å². The summed E-state index contributed by atoms with van der Waals surface area (Å²) in [5.41, 5.74) is 20.5. The van der Waals surface area contributed by atoms with E-state index in [0.717, 1.165) is 36.5 Å². The van der Waals surface area contributed by atoms with Crippen LogP contribution in [0, 0.1) is 42.9 Å². The van der Waals surface area contributed by atoms with E-state index in [9.17, 15) is 0 Å². The second-order valence-corrected chi connectivity index (χ2v) is 20.6. The number of fused-ring (bicyclic) bond motifs is 6. The Kier molecular flexibility index (Phi) is 9.26. The molecule has 0 heteroatoms. The molecule has 4 aromatic rings. The van der Waals surface area contributed by atoms with Crippen LogP contribution in [0.1, 0.15) is 174 Å². The first-order valence-electron chi connectivity index (χ1n) is 23.2. The van der Waals surface area contributed by atoms with Crippen LogP contribution in [0.2, 0.25) is 0 Å². The van der Waals surface area contributed by atoms with Crippen molar-refractivity contribution < 1.29 is 0 Å². The lowest BCUT2D eigenvalue weighted by atomic mass is 9.52. The maximum atomic E-state index is 2.73. The summed E-state index contributed by atoms with van der Waals surface area (Å²) in [4.78, 5) is 0. The van der Waals surface area contributed by atoms with Crippen molar-refractivity contribution in [1.29, 1.82) is 0 Å². The van der Waals surface area contributed by atoms with E-state index < -0.39 is 0 Å². The molecule has 6 aliphatic carbocycles. The largest absolute Gasteiger partial charge is 0.0619 e. The van der Waals surface area contributed by atoms with Gasteiger partial charge in [0.05, 0.1) is 0 Å². The van der Waals surface area contributed by atoms with Crippen molar-refractivity contribution in [3.05, 3.63) is 117 Å². The van der Waals surface area contributed by atoms with Crippen molar-refractivity contribution in [2.75, 3.05) is 0 Å². The van der Waals surface area contributed by atoms with E-state index in [4.69, 9.17) is 0 Å². The topological polar surface area (TPSA) is 0 Å². The molecule has 0 aromatic heterocycles. The number of hydrogen-bond acceptors (Lipinski definition) is 0. The van der Waals surface area contributed by atoms with Gasteiger partial charge in [0.2, 0.25) is 0 Å². The fourth-order valence-electron chi connectivity index (χ4n) is 15.1. The zero-order chi connectivity index (χ0) is 37.4. The Morgan fingerprint density at radius 3 is 1.24 bits per heavy atom. The quantitative estimate of drug-likeness (QED) is 0.160. The monoisotopic (exact) mass is 729 g/mol. The molecule has 0 N–H and O–H groups in total. The van der Waals surface area contributed by atoms with Crippen LogP contribution in [-0.2, 0) is 23.7 Å². The molecule has 0 atom stereocenters. The highest BCUT2D eigenvalue weighted by Gasteiger charge is 2.50. The van der Waals surface area contributed by atoms with E-state index in [1.807, 2.05) is 0 Å². The molecule has 55 heavy (non-hydrogen) atoms. The first-order valence-corrected chi connectivity index (χ1v) is 23.2. The summed E-state index contributed by atoms with van der Waals surface area (Å²) in [6.07, 6.45) is 28.1. The average Bonchev–Trinajstić information content (AvgIpc) is 3.82. The van der Waals surface area contributed by atoms with Crippen LogP contribution in [0.4, 0.5) is 0 Å². The van der Waals surface area contributed by atoms with Gasteiger partial charge in [0.1, 0.15) is 0 Å². The molecule has 0 amide bonds. The Hall–Kier alpha value is -3.12. The molecular formula is C55H68. The van der Waals surface area contributed by atoms with Crippen molar-refractivity contribution >= 4 is 0 Å². The number of rotatable bonds is 6. The first-order chi connectivity index (χ1) is 26.8. The van der Waals surface area contributed by atoms with Gasteiger partial charge in [-0.3, -0.25) is 0 Å². The molecule has 6 aliphatic rings. The van der Waals surface area contributed by atoms with Crippen LogP contribution in [0.15, 0.2) is 72.8 Å². The van der Waals surface area contributed by atoms with E-state index in [1.165, 1.54) is 138 Å². The highest BCUT2D eigenvalue weighted by molar-refractivity contribution is 5.82. The molecule has 10 rings (SSSR count). The second kappa shape index (κ2) is 14.1. The van der Waals surface area contributed by atoms with Gasteiger partial charge in [-0.15, -0.1) is 0 Å². The molecule has 0 unspecified atom stereocenters. The smallest absolute Gasteiger partial charge is 0.00104 e. The molecular weight excluding hydrogens is 661 g/mol. The van der Waals surface area contributed by atoms with Crippen LogP contribution in [0.25, 0.3) is 22.3 Å². The summed E-state index contributed by atoms with van der Waals surface area (Å²) >= 11 is 0. The van der Waals surface area contributed by atoms with Crippen molar-refractivity contribution in [1.82, 2.24) is 0 Å². The van der Waals surface area contributed by atoms with Gasteiger partial charge >= 0.3 is 0 Å². The molecule has 288 valence electrons. The summed E-state index contributed by atoms with van der Waals surface area (Å²) in [5.74, 6) is 3.45. The van der Waals surface area contributed by atoms with Crippen LogP contribution in [-0.4, -0.2) is 0 Å². The third-order valence-corrected chi connectivity index (χ3v) is 18.0. The molecule has 4 aromatic carbocycles. The van der Waals surface area contributed by atoms with Crippen LogP contribution in [0.3, 0.4) is 0 Å². The van der Waals surface area contributed by atoms with Crippen LogP contribution < -0.4 is 0 Å². The predicted octanol–water partition coefficient (Wildman–Crippen LogP) is 15.2. The van der Waals surface area contributed by atoms with Crippen molar-refractivity contribution in [2.24, 2.45) is 29.1 Å². The van der Waals surface area contributed by atoms with E-state index in [0.29, 0.717) is 16.2 Å². The molecule has 4 saturated carbocycles. The molecule has 0 radical (unpaired) electrons. The Labute approximate surface area is 334 Å². The van der Waals surface area contributed by atoms with Gasteiger partial charge in [-0.2, -0.15) is 0 Å². The van der Waals surface area contributed by atoms with Crippen LogP contribution >= 0.6 is 0 Å². The van der Waals surface area contributed by atoms with Gasteiger partial charge in [0.25, 0.3) is 0 Å². The van der Waals surface area contributed by atoms with Gasteiger partial charge in [-0.1, -0.05) is 125 Å². The lowest BCUT2D eigenvalue weighted by molar-refractivity contribution is 0.0108. The lowest BCUT2D eigenvalue weighted by Crippen LogP contribution is -2.45. The van der Waals surface area contributed by atoms with Gasteiger partial charge in [-0.25, -0.2) is 0 Å². The third-order valence-electron chi connectivity index (χ3n) is 18.0. The minimum Gasteiger partial charge on any atom is -0.0619 e. The Morgan fingerprint density at radius 1 is 0.455 bits per heavy atom. The Balaban J connectivity index is 0.861. The number of hydrogen-bond donors (Lipinski definition) is 0. The minimum absolute atomic E-state index is 0.386. The fourth-order valence-corrected chi connectivity index (χ4v) is 15.1. The maximum Gasteiger partial charge on any atom is -0.00104 e. The van der Waals surface area contributed by atoms with Gasteiger partial charge in [0, 0.05) is 0 Å². The van der Waals surface area contributed by atoms with Crippen LogP contribution in [0.5, 0.6) is 0 Å². The molecule has 0 bridgehead atoms. The second-order valence-electron chi connectivity index (χ2n) is 20.6. The fraction of sp³-hybridized carbons (Fsp3) is 0.564. The van der Waals surface area contributed by atoms with E-state index in [2.05, 4.69) is 100 Å². The van der Waals surface area contributed by atoms with E-state index in [1.54, 1.807) is 44.5 Å². The average molecular weight is 729 g/mol. The molecule has 0 heterocycles. The molecule has 0 spiro atoms. The zero-order valence-corrected chi connectivity index (χ0v) is 34.9. The maximum absolute atomic E-state index is 2.73. The normalized spacial score (nSPS) is 26.8. The standard InChI is InChI=1S/C55H68/c1-37-19-29-49(47-35-39-15-7-9-17-45(39)51(37)47)54(31-11-5-12-32-54)43-25-21-41(22-26-43)53(3,4)42-23-27-44(28-24-42)55(33-13-6-14-34-55)50-30-20-38(2)52-46-18-10-8-16-40(46)36-48(50)52/h7-10,15-20,29-30,41-44H,5-6,11-14,21-28,31-36H2,1-4H3. The molecule has 0 aliphatic heterocycles. The predicted molar refractivity (Wildman–Crippen MR) is 233 cm³/mol. The Bertz CT molecular complexity index is 1900. The number of benzene rings is 4. The van der Waals surface area contributed by atoms with E-state index >= 15 is 0 Å². The van der Waals surface area contributed by atoms with Crippen molar-refractivity contribution in [3.8, 4) is 22.3 Å². The van der Waals surface area contributed by atoms with E-state index in [-0.39, 0.29) is 0 Å².